The van der Waals surface area contributed by atoms with Crippen LogP contribution in [0.3, 0.4) is 0 Å². The van der Waals surface area contributed by atoms with Gasteiger partial charge in [0.2, 0.25) is 0 Å². The highest BCUT2D eigenvalue weighted by Crippen LogP contribution is 2.23. The molecule has 1 aliphatic rings. The number of nitrogens with zero attached hydrogens (tertiary/aromatic N) is 2. The topological polar surface area (TPSA) is 47.0 Å². The van der Waals surface area contributed by atoms with E-state index >= 15 is 0 Å². The fourth-order valence-corrected chi connectivity index (χ4v) is 1.89. The van der Waals surface area contributed by atoms with Gasteiger partial charge in [0.1, 0.15) is 5.82 Å². The predicted octanol–water partition coefficient (Wildman–Crippen LogP) is 3.11. The van der Waals surface area contributed by atoms with E-state index in [1.807, 2.05) is 6.92 Å². The molecule has 1 aliphatic carbocycles. The maximum absolute atomic E-state index is 13.5. The molecule has 1 saturated carbocycles. The molecule has 1 aromatic carbocycles. The van der Waals surface area contributed by atoms with Gasteiger partial charge in [-0.2, -0.15) is 4.98 Å². The molecule has 6 heteroatoms. The molecule has 1 aromatic heterocycles. The Balaban J connectivity index is 1.71. The molecule has 0 unspecified atom stereocenters. The number of nitrogens with one attached hydrogen (secondary N) is 1. The lowest BCUT2D eigenvalue weighted by Gasteiger charge is -2.09. The highest BCUT2D eigenvalue weighted by molar-refractivity contribution is 5.28. The summed E-state index contributed by atoms with van der Waals surface area (Å²) in [5.41, 5.74) is 1.75. The maximum Gasteiger partial charge on any atom is 0.322 e. The fraction of sp³-hybridized carbons (Fsp3) is 0.333. The van der Waals surface area contributed by atoms with Crippen molar-refractivity contribution in [3.05, 3.63) is 47.3 Å². The van der Waals surface area contributed by atoms with Crippen LogP contribution >= 0.6 is 0 Å². The van der Waals surface area contributed by atoms with Gasteiger partial charge in [-0.1, -0.05) is 0 Å². The van der Waals surface area contributed by atoms with Crippen LogP contribution in [0.15, 0.2) is 24.4 Å². The molecule has 4 nitrogen and oxygen atoms in total. The van der Waals surface area contributed by atoms with Gasteiger partial charge in [0.15, 0.2) is 11.6 Å². The van der Waals surface area contributed by atoms with Gasteiger partial charge in [-0.05, 0) is 31.9 Å². The van der Waals surface area contributed by atoms with Gasteiger partial charge < -0.3 is 10.1 Å². The molecule has 0 aliphatic heterocycles. The number of benzene rings is 1. The summed E-state index contributed by atoms with van der Waals surface area (Å²) in [5.74, 6) is -1.53. The minimum Gasteiger partial charge on any atom is -0.421 e. The molecule has 1 N–H and O–H groups in total. The molecule has 110 valence electrons. The number of rotatable bonds is 5. The predicted molar refractivity (Wildman–Crippen MR) is 73.1 cm³/mol. The van der Waals surface area contributed by atoms with Gasteiger partial charge in [0, 0.05) is 36.1 Å². The van der Waals surface area contributed by atoms with Crippen molar-refractivity contribution in [2.24, 2.45) is 0 Å². The molecule has 21 heavy (non-hydrogen) atoms. The van der Waals surface area contributed by atoms with Crippen molar-refractivity contribution in [2.75, 3.05) is 0 Å². The van der Waals surface area contributed by atoms with Crippen molar-refractivity contribution >= 4 is 0 Å². The van der Waals surface area contributed by atoms with E-state index in [0.717, 1.165) is 23.4 Å². The smallest absolute Gasteiger partial charge is 0.322 e. The second kappa shape index (κ2) is 5.73. The Bertz CT molecular complexity index is 659. The summed E-state index contributed by atoms with van der Waals surface area (Å²) < 4.78 is 31.6. The first-order valence-electron chi connectivity index (χ1n) is 6.80. The van der Waals surface area contributed by atoms with E-state index in [1.54, 1.807) is 6.20 Å². The average Bonchev–Trinajstić information content (AvgIpc) is 3.25. The summed E-state index contributed by atoms with van der Waals surface area (Å²) in [6.45, 7) is 2.56. The van der Waals surface area contributed by atoms with Crippen LogP contribution < -0.4 is 10.1 Å². The van der Waals surface area contributed by atoms with Crippen LogP contribution in [-0.2, 0) is 6.54 Å². The number of ether oxygens (including phenoxy) is 1. The number of hydrogen-bond donors (Lipinski definition) is 1. The van der Waals surface area contributed by atoms with Crippen molar-refractivity contribution in [1.82, 2.24) is 15.3 Å². The number of hydrogen-bond acceptors (Lipinski definition) is 4. The minimum atomic E-state index is -0.782. The van der Waals surface area contributed by atoms with Crippen molar-refractivity contribution in [1.29, 1.82) is 0 Å². The number of aromatic nitrogens is 2. The van der Waals surface area contributed by atoms with E-state index in [2.05, 4.69) is 15.3 Å². The van der Waals surface area contributed by atoms with E-state index in [-0.39, 0.29) is 11.8 Å². The van der Waals surface area contributed by atoms with E-state index in [4.69, 9.17) is 4.74 Å². The Labute approximate surface area is 121 Å². The van der Waals surface area contributed by atoms with E-state index in [1.165, 1.54) is 18.9 Å². The summed E-state index contributed by atoms with van der Waals surface area (Å²) in [7, 11) is 0. The first-order chi connectivity index (χ1) is 10.1. The zero-order valence-corrected chi connectivity index (χ0v) is 11.6. The lowest BCUT2D eigenvalue weighted by molar-refractivity contribution is 0.406. The van der Waals surface area contributed by atoms with E-state index in [0.29, 0.717) is 12.6 Å². The molecule has 0 atom stereocenters. The third kappa shape index (κ3) is 3.52. The monoisotopic (exact) mass is 291 g/mol. The number of halogens is 2. The van der Waals surface area contributed by atoms with Crippen LogP contribution in [0.4, 0.5) is 8.78 Å². The minimum absolute atomic E-state index is 0.0492. The van der Waals surface area contributed by atoms with Crippen molar-refractivity contribution in [3.8, 4) is 11.8 Å². The van der Waals surface area contributed by atoms with Gasteiger partial charge in [-0.15, -0.1) is 0 Å². The largest absolute Gasteiger partial charge is 0.421 e. The Morgan fingerprint density at radius 2 is 2.14 bits per heavy atom. The Morgan fingerprint density at radius 3 is 2.81 bits per heavy atom. The van der Waals surface area contributed by atoms with Crippen LogP contribution in [-0.4, -0.2) is 16.0 Å². The summed E-state index contributed by atoms with van der Waals surface area (Å²) in [4.78, 5) is 8.26. The van der Waals surface area contributed by atoms with Crippen LogP contribution in [0.2, 0.25) is 0 Å². The highest BCUT2D eigenvalue weighted by atomic mass is 19.1. The third-order valence-corrected chi connectivity index (χ3v) is 3.31. The number of aryl methyl sites for hydroxylation is 1. The fourth-order valence-electron chi connectivity index (χ4n) is 1.89. The second-order valence-electron chi connectivity index (χ2n) is 5.10. The third-order valence-electron chi connectivity index (χ3n) is 3.31. The molecular formula is C15H15F2N3O. The van der Waals surface area contributed by atoms with Gasteiger partial charge >= 0.3 is 6.01 Å². The van der Waals surface area contributed by atoms with Crippen molar-refractivity contribution in [3.63, 3.8) is 0 Å². The van der Waals surface area contributed by atoms with Crippen molar-refractivity contribution < 1.29 is 13.5 Å². The van der Waals surface area contributed by atoms with Crippen LogP contribution in [0.1, 0.15) is 24.1 Å². The molecule has 1 fully saturated rings. The maximum atomic E-state index is 13.5. The highest BCUT2D eigenvalue weighted by Gasteiger charge is 2.20. The molecule has 3 rings (SSSR count). The van der Waals surface area contributed by atoms with Gasteiger partial charge in [-0.3, -0.25) is 0 Å². The quantitative estimate of drug-likeness (QED) is 0.919. The standard InChI is InChI=1S/C15H15F2N3O/c1-9-10(7-18-12-3-4-12)8-19-15(20-9)21-14-5-2-11(16)6-13(14)17/h2,5-6,8,12,18H,3-4,7H2,1H3. The first kappa shape index (κ1) is 13.9. The lowest BCUT2D eigenvalue weighted by Crippen LogP contribution is -2.16. The Kier molecular flexibility index (Phi) is 3.79. The van der Waals surface area contributed by atoms with Gasteiger partial charge in [0.05, 0.1) is 0 Å². The summed E-state index contributed by atoms with van der Waals surface area (Å²) in [6.07, 6.45) is 4.09. The zero-order valence-electron chi connectivity index (χ0n) is 11.6. The lowest BCUT2D eigenvalue weighted by atomic mass is 10.2. The van der Waals surface area contributed by atoms with Crippen LogP contribution in [0.25, 0.3) is 0 Å². The molecular weight excluding hydrogens is 276 g/mol. The molecule has 0 bridgehead atoms. The van der Waals surface area contributed by atoms with Gasteiger partial charge in [-0.25, -0.2) is 13.8 Å². The van der Waals surface area contributed by atoms with Crippen LogP contribution in [0, 0.1) is 18.6 Å². The van der Waals surface area contributed by atoms with Crippen molar-refractivity contribution in [2.45, 2.75) is 32.4 Å². The Hall–Kier alpha value is -2.08. The van der Waals surface area contributed by atoms with Crippen LogP contribution in [0.5, 0.6) is 11.8 Å². The second-order valence-corrected chi connectivity index (χ2v) is 5.10. The molecule has 0 spiro atoms. The van der Waals surface area contributed by atoms with E-state index < -0.39 is 11.6 Å². The van der Waals surface area contributed by atoms with E-state index in [9.17, 15) is 8.78 Å². The zero-order chi connectivity index (χ0) is 14.8. The molecule has 0 radical (unpaired) electrons. The summed E-state index contributed by atoms with van der Waals surface area (Å²) in [6, 6.07) is 3.75. The summed E-state index contributed by atoms with van der Waals surface area (Å²) in [5, 5.41) is 3.38. The molecule has 0 saturated heterocycles. The molecule has 2 aromatic rings. The SMILES string of the molecule is Cc1nc(Oc2ccc(F)cc2F)ncc1CNC1CC1. The molecule has 1 heterocycles. The van der Waals surface area contributed by atoms with Gasteiger partial charge in [0.25, 0.3) is 0 Å². The first-order valence-corrected chi connectivity index (χ1v) is 6.80. The average molecular weight is 291 g/mol. The summed E-state index contributed by atoms with van der Waals surface area (Å²) >= 11 is 0. The Morgan fingerprint density at radius 1 is 1.33 bits per heavy atom. The molecule has 0 amide bonds. The normalized spacial score (nSPS) is 14.2.